The number of aliphatic hydroxyl groups is 1. The molecule has 0 saturated carbocycles. The van der Waals surface area contributed by atoms with E-state index in [1.807, 2.05) is 0 Å². The quantitative estimate of drug-likeness (QED) is 0.471. The molecule has 0 amide bonds. The third-order valence-electron chi connectivity index (χ3n) is 2.06. The third kappa shape index (κ3) is 2.05. The summed E-state index contributed by atoms with van der Waals surface area (Å²) in [6, 6.07) is -0.401. The maximum atomic E-state index is 11.5. The molecule has 2 heterocycles. The van der Waals surface area contributed by atoms with Crippen LogP contribution in [0.3, 0.4) is 0 Å². The number of imidazole rings is 1. The molecule has 0 saturated heterocycles. The summed E-state index contributed by atoms with van der Waals surface area (Å²) < 4.78 is 6.19. The Labute approximate surface area is 94.5 Å². The van der Waals surface area contributed by atoms with Gasteiger partial charge in [0, 0.05) is 0 Å². The lowest BCUT2D eigenvalue weighted by Crippen LogP contribution is -2.13. The number of nitrogen functional groups attached to an aromatic ring is 1. The highest BCUT2D eigenvalue weighted by molar-refractivity contribution is 5.72. The summed E-state index contributed by atoms with van der Waals surface area (Å²) in [6.07, 6.45) is 0. The van der Waals surface area contributed by atoms with Gasteiger partial charge >= 0.3 is 0 Å². The van der Waals surface area contributed by atoms with Gasteiger partial charge in [-0.3, -0.25) is 14.3 Å². The van der Waals surface area contributed by atoms with E-state index in [0.717, 1.165) is 0 Å². The summed E-state index contributed by atoms with van der Waals surface area (Å²) in [7, 11) is 0. The molecule has 0 bridgehead atoms. The monoisotopic (exact) mass is 241 g/mol. The number of aromatic hydroxyl groups is 1. The Morgan fingerprint density at radius 2 is 2.24 bits per heavy atom. The first-order valence-electron chi connectivity index (χ1n) is 4.77. The number of aromatic nitrogens is 4. The molecule has 9 nitrogen and oxygen atoms in total. The Morgan fingerprint density at radius 3 is 2.94 bits per heavy atom. The normalized spacial score (nSPS) is 11.1. The SMILES string of the molecule is Nc1nc2c(nc(O)n2COCCO)c(=O)[nH]1. The molecule has 0 spiro atoms. The molecule has 2 rings (SSSR count). The van der Waals surface area contributed by atoms with E-state index in [-0.39, 0.29) is 37.1 Å². The fourth-order valence-electron chi connectivity index (χ4n) is 1.36. The molecule has 92 valence electrons. The number of ether oxygens (including phenoxy) is 1. The fourth-order valence-corrected chi connectivity index (χ4v) is 1.36. The van der Waals surface area contributed by atoms with Crippen LogP contribution in [-0.2, 0) is 11.5 Å². The van der Waals surface area contributed by atoms with Gasteiger partial charge in [0.2, 0.25) is 5.95 Å². The van der Waals surface area contributed by atoms with E-state index in [9.17, 15) is 9.90 Å². The van der Waals surface area contributed by atoms with E-state index in [1.165, 1.54) is 4.57 Å². The minimum Gasteiger partial charge on any atom is -0.480 e. The van der Waals surface area contributed by atoms with E-state index >= 15 is 0 Å². The lowest BCUT2D eigenvalue weighted by molar-refractivity contribution is 0.0461. The zero-order valence-corrected chi connectivity index (χ0v) is 8.75. The first-order valence-corrected chi connectivity index (χ1v) is 4.77. The summed E-state index contributed by atoms with van der Waals surface area (Å²) in [5.74, 6) is -0.0780. The van der Waals surface area contributed by atoms with E-state index in [0.29, 0.717) is 0 Å². The molecule has 5 N–H and O–H groups in total. The number of fused-ring (bicyclic) bond motifs is 1. The van der Waals surface area contributed by atoms with Gasteiger partial charge in [-0.2, -0.15) is 9.97 Å². The Balaban J connectivity index is 2.47. The molecule has 2 aromatic heterocycles. The lowest BCUT2D eigenvalue weighted by Gasteiger charge is -2.04. The van der Waals surface area contributed by atoms with Gasteiger partial charge in [-0.15, -0.1) is 0 Å². The van der Waals surface area contributed by atoms with Crippen molar-refractivity contribution in [3.05, 3.63) is 10.4 Å². The zero-order valence-electron chi connectivity index (χ0n) is 8.75. The van der Waals surface area contributed by atoms with Crippen molar-refractivity contribution in [2.24, 2.45) is 0 Å². The second kappa shape index (κ2) is 4.39. The van der Waals surface area contributed by atoms with Crippen LogP contribution in [-0.4, -0.2) is 42.9 Å². The second-order valence-corrected chi connectivity index (χ2v) is 3.22. The van der Waals surface area contributed by atoms with Crippen LogP contribution in [0.5, 0.6) is 6.01 Å². The van der Waals surface area contributed by atoms with E-state index < -0.39 is 11.6 Å². The van der Waals surface area contributed by atoms with Crippen LogP contribution in [0.2, 0.25) is 0 Å². The van der Waals surface area contributed by atoms with Crippen LogP contribution in [0, 0.1) is 0 Å². The van der Waals surface area contributed by atoms with Crippen molar-refractivity contribution < 1.29 is 14.9 Å². The molecule has 0 fully saturated rings. The van der Waals surface area contributed by atoms with Crippen LogP contribution in [0.4, 0.5) is 5.95 Å². The number of hydrogen-bond donors (Lipinski definition) is 4. The van der Waals surface area contributed by atoms with E-state index in [4.69, 9.17) is 15.6 Å². The average Bonchev–Trinajstić information content (AvgIpc) is 2.57. The number of nitrogens with one attached hydrogen (secondary N) is 1. The third-order valence-corrected chi connectivity index (χ3v) is 2.06. The topological polar surface area (TPSA) is 139 Å². The van der Waals surface area contributed by atoms with Crippen LogP contribution >= 0.6 is 0 Å². The average molecular weight is 241 g/mol. The summed E-state index contributed by atoms with van der Waals surface area (Å²) in [5, 5.41) is 18.1. The summed E-state index contributed by atoms with van der Waals surface area (Å²) in [4.78, 5) is 21.2. The maximum absolute atomic E-state index is 11.5. The van der Waals surface area contributed by atoms with Gasteiger partial charge in [0.15, 0.2) is 11.2 Å². The largest absolute Gasteiger partial charge is 0.480 e. The minimum atomic E-state index is -0.538. The second-order valence-electron chi connectivity index (χ2n) is 3.22. The number of aliphatic hydroxyl groups excluding tert-OH is 1. The van der Waals surface area contributed by atoms with Crippen molar-refractivity contribution in [2.75, 3.05) is 18.9 Å². The smallest absolute Gasteiger partial charge is 0.298 e. The summed E-state index contributed by atoms with van der Waals surface area (Å²) >= 11 is 0. The van der Waals surface area contributed by atoms with Crippen molar-refractivity contribution in [1.29, 1.82) is 0 Å². The number of anilines is 1. The molecule has 2 aromatic rings. The maximum Gasteiger partial charge on any atom is 0.298 e. The molecular weight excluding hydrogens is 230 g/mol. The number of rotatable bonds is 4. The molecule has 0 unspecified atom stereocenters. The number of H-pyrrole nitrogens is 1. The number of hydrogen-bond acceptors (Lipinski definition) is 7. The standard InChI is InChI=1S/C8H11N5O4/c9-7-11-5-4(6(15)12-7)10-8(16)13(5)3-17-2-1-14/h14H,1-3H2,(H,10,16)(H3,9,11,12,15). The Kier molecular flexibility index (Phi) is 2.93. The van der Waals surface area contributed by atoms with Crippen molar-refractivity contribution >= 4 is 17.1 Å². The molecule has 0 atom stereocenters. The molecular formula is C8H11N5O4. The fraction of sp³-hybridized carbons (Fsp3) is 0.375. The zero-order chi connectivity index (χ0) is 12.4. The predicted octanol–water partition coefficient (Wildman–Crippen LogP) is -1.63. The highest BCUT2D eigenvalue weighted by Crippen LogP contribution is 2.15. The van der Waals surface area contributed by atoms with Crippen LogP contribution in [0.25, 0.3) is 11.2 Å². The van der Waals surface area contributed by atoms with Crippen molar-refractivity contribution in [3.8, 4) is 6.01 Å². The van der Waals surface area contributed by atoms with Crippen molar-refractivity contribution in [3.63, 3.8) is 0 Å². The molecule has 0 aliphatic heterocycles. The van der Waals surface area contributed by atoms with E-state index in [2.05, 4.69) is 15.0 Å². The van der Waals surface area contributed by atoms with Gasteiger partial charge in [-0.25, -0.2) is 0 Å². The predicted molar refractivity (Wildman–Crippen MR) is 57.3 cm³/mol. The Bertz CT molecular complexity index is 589. The van der Waals surface area contributed by atoms with Gasteiger partial charge in [0.25, 0.3) is 11.6 Å². The van der Waals surface area contributed by atoms with Crippen LogP contribution in [0.15, 0.2) is 4.79 Å². The molecule has 0 aromatic carbocycles. The van der Waals surface area contributed by atoms with Gasteiger partial charge < -0.3 is 20.7 Å². The first-order chi connectivity index (χ1) is 8.13. The minimum absolute atomic E-state index is 0.0238. The number of aromatic amines is 1. The number of nitrogens with zero attached hydrogens (tertiary/aromatic N) is 3. The highest BCUT2D eigenvalue weighted by atomic mass is 16.5. The van der Waals surface area contributed by atoms with Crippen molar-refractivity contribution in [1.82, 2.24) is 19.5 Å². The van der Waals surface area contributed by atoms with E-state index in [1.54, 1.807) is 0 Å². The van der Waals surface area contributed by atoms with Crippen molar-refractivity contribution in [2.45, 2.75) is 6.73 Å². The van der Waals surface area contributed by atoms with Gasteiger partial charge in [-0.1, -0.05) is 0 Å². The van der Waals surface area contributed by atoms with Gasteiger partial charge in [0.1, 0.15) is 6.73 Å². The molecule has 17 heavy (non-hydrogen) atoms. The first kappa shape index (κ1) is 11.4. The lowest BCUT2D eigenvalue weighted by atomic mass is 10.5. The Morgan fingerprint density at radius 1 is 1.47 bits per heavy atom. The molecule has 9 heteroatoms. The molecule has 0 aliphatic rings. The van der Waals surface area contributed by atoms with Gasteiger partial charge in [0.05, 0.1) is 13.2 Å². The Hall–Kier alpha value is -2.13. The van der Waals surface area contributed by atoms with Crippen LogP contribution in [0.1, 0.15) is 0 Å². The summed E-state index contributed by atoms with van der Waals surface area (Å²) in [6.45, 7) is -0.139. The molecule has 0 aliphatic carbocycles. The highest BCUT2D eigenvalue weighted by Gasteiger charge is 2.14. The molecule has 0 radical (unpaired) electrons. The van der Waals surface area contributed by atoms with Gasteiger partial charge in [-0.05, 0) is 0 Å². The number of nitrogens with two attached hydrogens (primary N) is 1. The summed E-state index contributed by atoms with van der Waals surface area (Å²) in [5.41, 5.74) is 4.95. The van der Waals surface area contributed by atoms with Crippen LogP contribution < -0.4 is 11.3 Å².